The van der Waals surface area contributed by atoms with Gasteiger partial charge in [-0.05, 0) is 18.3 Å². The van der Waals surface area contributed by atoms with Gasteiger partial charge in [-0.3, -0.25) is 4.40 Å². The predicted octanol–water partition coefficient (Wildman–Crippen LogP) is 1.97. The van der Waals surface area contributed by atoms with Gasteiger partial charge in [0, 0.05) is 32.1 Å². The Bertz CT molecular complexity index is 713. The summed E-state index contributed by atoms with van der Waals surface area (Å²) in [7, 11) is 3.92. The summed E-state index contributed by atoms with van der Waals surface area (Å²) in [6, 6.07) is 0. The summed E-state index contributed by atoms with van der Waals surface area (Å²) in [6.45, 7) is 0.607. The molecule has 0 radical (unpaired) electrons. The monoisotopic (exact) mass is 326 g/mol. The first-order valence-electron chi connectivity index (χ1n) is 6.02. The molecule has 0 saturated heterocycles. The zero-order chi connectivity index (χ0) is 14.1. The van der Waals surface area contributed by atoms with Crippen molar-refractivity contribution in [3.05, 3.63) is 17.3 Å². The van der Waals surface area contributed by atoms with Crippen LogP contribution in [0.3, 0.4) is 0 Å². The normalized spacial score (nSPS) is 11.3. The van der Waals surface area contributed by atoms with Crippen molar-refractivity contribution in [3.8, 4) is 0 Å². The van der Waals surface area contributed by atoms with Crippen molar-refractivity contribution < 1.29 is 0 Å². The standard InChI is InChI=1S/C11H14N6S3/c1-16(2)10-14-15-11(20-10)19-8-7(3-4-12)17-5-6-18-9(17)13-8/h5-6H,3-4,12H2,1-2H3. The zero-order valence-electron chi connectivity index (χ0n) is 11.1. The van der Waals surface area contributed by atoms with E-state index in [0.717, 1.165) is 31.6 Å². The summed E-state index contributed by atoms with van der Waals surface area (Å²) >= 11 is 4.75. The summed E-state index contributed by atoms with van der Waals surface area (Å²) < 4.78 is 3.01. The van der Waals surface area contributed by atoms with Gasteiger partial charge in [-0.1, -0.05) is 11.3 Å². The molecule has 0 fully saturated rings. The van der Waals surface area contributed by atoms with Gasteiger partial charge in [-0.25, -0.2) is 4.98 Å². The number of anilines is 1. The number of nitrogens with two attached hydrogens (primary N) is 1. The molecule has 3 aromatic heterocycles. The van der Waals surface area contributed by atoms with Crippen LogP contribution in [0, 0.1) is 0 Å². The first-order chi connectivity index (χ1) is 9.69. The summed E-state index contributed by atoms with van der Waals surface area (Å²) in [6.07, 6.45) is 2.84. The number of hydrogen-bond donors (Lipinski definition) is 1. The van der Waals surface area contributed by atoms with Gasteiger partial charge in [0.15, 0.2) is 9.30 Å². The number of aromatic nitrogens is 4. The highest BCUT2D eigenvalue weighted by Gasteiger charge is 2.16. The Hall–Kier alpha value is -1.16. The summed E-state index contributed by atoms with van der Waals surface area (Å²) in [4.78, 5) is 7.60. The topological polar surface area (TPSA) is 72.3 Å². The Morgan fingerprint density at radius 1 is 1.40 bits per heavy atom. The molecule has 0 aromatic carbocycles. The van der Waals surface area contributed by atoms with Crippen LogP contribution in [-0.4, -0.2) is 40.2 Å². The van der Waals surface area contributed by atoms with Crippen molar-refractivity contribution in [3.63, 3.8) is 0 Å². The molecule has 3 rings (SSSR count). The van der Waals surface area contributed by atoms with Gasteiger partial charge in [0.1, 0.15) is 5.03 Å². The van der Waals surface area contributed by atoms with Gasteiger partial charge in [-0.2, -0.15) is 0 Å². The maximum absolute atomic E-state index is 5.71. The average Bonchev–Trinajstić information content (AvgIpc) is 3.08. The van der Waals surface area contributed by atoms with E-state index in [9.17, 15) is 0 Å². The minimum atomic E-state index is 0.607. The van der Waals surface area contributed by atoms with Crippen LogP contribution < -0.4 is 10.6 Å². The third-order valence-corrected chi connectivity index (χ3v) is 5.59. The number of fused-ring (bicyclic) bond motifs is 1. The van der Waals surface area contributed by atoms with Gasteiger partial charge in [0.2, 0.25) is 5.13 Å². The molecule has 0 unspecified atom stereocenters. The molecule has 106 valence electrons. The lowest BCUT2D eigenvalue weighted by molar-refractivity contribution is 0.877. The third-order valence-electron chi connectivity index (χ3n) is 2.67. The van der Waals surface area contributed by atoms with E-state index in [1.165, 1.54) is 0 Å². The lowest BCUT2D eigenvalue weighted by atomic mass is 10.3. The highest BCUT2D eigenvalue weighted by atomic mass is 32.2. The van der Waals surface area contributed by atoms with Crippen LogP contribution in [0.5, 0.6) is 0 Å². The molecule has 0 bridgehead atoms. The van der Waals surface area contributed by atoms with Gasteiger partial charge in [0.25, 0.3) is 0 Å². The predicted molar refractivity (Wildman–Crippen MR) is 84.2 cm³/mol. The van der Waals surface area contributed by atoms with Crippen molar-refractivity contribution in [1.82, 2.24) is 19.6 Å². The molecule has 20 heavy (non-hydrogen) atoms. The highest BCUT2D eigenvalue weighted by Crippen LogP contribution is 2.35. The first-order valence-corrected chi connectivity index (χ1v) is 8.53. The maximum atomic E-state index is 5.71. The van der Waals surface area contributed by atoms with Crippen molar-refractivity contribution >= 4 is 44.5 Å². The fraction of sp³-hybridized carbons (Fsp3) is 0.364. The molecular weight excluding hydrogens is 312 g/mol. The van der Waals surface area contributed by atoms with E-state index in [2.05, 4.69) is 19.6 Å². The molecule has 9 heteroatoms. The fourth-order valence-corrected chi connectivity index (χ4v) is 4.38. The lowest BCUT2D eigenvalue weighted by Gasteiger charge is -2.03. The van der Waals surface area contributed by atoms with E-state index in [1.807, 2.05) is 30.6 Å². The Morgan fingerprint density at radius 3 is 2.95 bits per heavy atom. The van der Waals surface area contributed by atoms with E-state index in [0.29, 0.717) is 6.54 Å². The molecular formula is C11H14N6S3. The van der Waals surface area contributed by atoms with Crippen LogP contribution >= 0.6 is 34.4 Å². The minimum absolute atomic E-state index is 0.607. The second-order valence-corrected chi connectivity index (χ2v) is 7.37. The molecule has 0 atom stereocenters. The fourth-order valence-electron chi connectivity index (χ4n) is 1.77. The lowest BCUT2D eigenvalue weighted by Crippen LogP contribution is -2.07. The van der Waals surface area contributed by atoms with Gasteiger partial charge < -0.3 is 10.6 Å². The van der Waals surface area contributed by atoms with Gasteiger partial charge in [0.05, 0.1) is 5.69 Å². The quantitative estimate of drug-likeness (QED) is 0.773. The third kappa shape index (κ3) is 2.53. The van der Waals surface area contributed by atoms with E-state index >= 15 is 0 Å². The number of imidazole rings is 1. The van der Waals surface area contributed by atoms with E-state index in [-0.39, 0.29) is 0 Å². The maximum Gasteiger partial charge on any atom is 0.208 e. The van der Waals surface area contributed by atoms with Crippen LogP contribution in [0.15, 0.2) is 20.9 Å². The van der Waals surface area contributed by atoms with Crippen LogP contribution in [0.4, 0.5) is 5.13 Å². The summed E-state index contributed by atoms with van der Waals surface area (Å²) in [5.74, 6) is 0. The van der Waals surface area contributed by atoms with Crippen LogP contribution in [-0.2, 0) is 6.42 Å². The van der Waals surface area contributed by atoms with E-state index in [4.69, 9.17) is 5.73 Å². The first kappa shape index (κ1) is 13.8. The SMILES string of the molecule is CN(C)c1nnc(Sc2nc3sccn3c2CCN)s1. The number of rotatable bonds is 5. The Balaban J connectivity index is 1.92. The van der Waals surface area contributed by atoms with Crippen molar-refractivity contribution in [2.24, 2.45) is 5.73 Å². The smallest absolute Gasteiger partial charge is 0.208 e. The second-order valence-electron chi connectivity index (χ2n) is 4.30. The van der Waals surface area contributed by atoms with Crippen molar-refractivity contribution in [2.45, 2.75) is 15.8 Å². The van der Waals surface area contributed by atoms with E-state index in [1.54, 1.807) is 34.4 Å². The molecule has 3 heterocycles. The molecule has 6 nitrogen and oxygen atoms in total. The molecule has 0 aliphatic carbocycles. The average molecular weight is 326 g/mol. The molecule has 3 aromatic rings. The number of thiazole rings is 1. The zero-order valence-corrected chi connectivity index (χ0v) is 13.6. The largest absolute Gasteiger partial charge is 0.353 e. The molecule has 0 aliphatic heterocycles. The highest BCUT2D eigenvalue weighted by molar-refractivity contribution is 8.01. The summed E-state index contributed by atoms with van der Waals surface area (Å²) in [5, 5.41) is 12.3. The van der Waals surface area contributed by atoms with Crippen LogP contribution in [0.25, 0.3) is 4.96 Å². The van der Waals surface area contributed by atoms with Crippen LogP contribution in [0.1, 0.15) is 5.69 Å². The Morgan fingerprint density at radius 2 is 2.25 bits per heavy atom. The number of hydrogen-bond acceptors (Lipinski definition) is 8. The van der Waals surface area contributed by atoms with E-state index < -0.39 is 0 Å². The van der Waals surface area contributed by atoms with Gasteiger partial charge in [-0.15, -0.1) is 21.5 Å². The molecule has 0 amide bonds. The van der Waals surface area contributed by atoms with Crippen molar-refractivity contribution in [1.29, 1.82) is 0 Å². The van der Waals surface area contributed by atoms with Gasteiger partial charge >= 0.3 is 0 Å². The molecule has 0 aliphatic rings. The summed E-state index contributed by atoms with van der Waals surface area (Å²) in [5.41, 5.74) is 6.86. The molecule has 0 saturated carbocycles. The Labute approximate surface area is 128 Å². The Kier molecular flexibility index (Phi) is 3.92. The second kappa shape index (κ2) is 5.68. The minimum Gasteiger partial charge on any atom is -0.353 e. The molecule has 2 N–H and O–H groups in total. The van der Waals surface area contributed by atoms with Crippen molar-refractivity contribution in [2.75, 3.05) is 25.5 Å². The molecule has 0 spiro atoms. The van der Waals surface area contributed by atoms with Crippen LogP contribution in [0.2, 0.25) is 0 Å². The number of nitrogens with zero attached hydrogens (tertiary/aromatic N) is 5.